The van der Waals surface area contributed by atoms with Gasteiger partial charge in [-0.25, -0.2) is 23.8 Å². The summed E-state index contributed by atoms with van der Waals surface area (Å²) in [5, 5.41) is 39.8. The number of carboxylic acid groups (broad SMARTS) is 1. The smallest absolute Gasteiger partial charge is 0.338 e. The quantitative estimate of drug-likeness (QED) is 0.125. The number of benzene rings is 2. The molecule has 13 nitrogen and oxygen atoms in total. The van der Waals surface area contributed by atoms with Crippen LogP contribution in [0.25, 0.3) is 32.3 Å². The molecule has 0 fully saturated rings. The second-order valence-corrected chi connectivity index (χ2v) is 10.3. The molecule has 7 N–H and O–H groups in total. The third kappa shape index (κ3) is 6.64. The summed E-state index contributed by atoms with van der Waals surface area (Å²) in [4.78, 5) is 39.2. The average molecular weight is 621 g/mol. The van der Waals surface area contributed by atoms with Gasteiger partial charge in [-0.2, -0.15) is 5.10 Å². The molecule has 15 heteroatoms. The van der Waals surface area contributed by atoms with Crippen molar-refractivity contribution < 1.29 is 38.8 Å². The van der Waals surface area contributed by atoms with E-state index >= 15 is 0 Å². The number of esters is 1. The third-order valence-corrected chi connectivity index (χ3v) is 7.48. The number of aliphatic carboxylic acids is 1. The number of aliphatic hydroxyl groups excluding tert-OH is 2. The Kier molecular flexibility index (Phi) is 8.80. The van der Waals surface area contributed by atoms with Crippen molar-refractivity contribution >= 4 is 56.6 Å². The number of thiophene rings is 1. The lowest BCUT2D eigenvalue weighted by Gasteiger charge is -2.13. The fourth-order valence-electron chi connectivity index (χ4n) is 4.29. The van der Waals surface area contributed by atoms with Crippen LogP contribution in [-0.2, 0) is 20.9 Å². The Morgan fingerprint density at radius 1 is 1.00 bits per heavy atom. The topological polar surface area (TPSA) is 202 Å². The summed E-state index contributed by atoms with van der Waals surface area (Å²) >= 11 is 1.46. The average Bonchev–Trinajstić information content (AvgIpc) is 3.65. The molecule has 5 rings (SSSR count). The highest BCUT2D eigenvalue weighted by Crippen LogP contribution is 2.41. The number of amides is 2. The van der Waals surface area contributed by atoms with E-state index < -0.39 is 36.0 Å². The molecule has 2 aromatic carbocycles. The number of hydrogen-bond acceptors (Lipinski definition) is 10. The Balaban J connectivity index is 1.27. The van der Waals surface area contributed by atoms with Gasteiger partial charge in [0.25, 0.3) is 0 Å². The summed E-state index contributed by atoms with van der Waals surface area (Å²) < 4.78 is 20.6. The van der Waals surface area contributed by atoms with E-state index in [2.05, 4.69) is 20.7 Å². The minimum atomic E-state index is -2.29. The van der Waals surface area contributed by atoms with Crippen LogP contribution in [0.1, 0.15) is 0 Å². The van der Waals surface area contributed by atoms with E-state index in [1.54, 1.807) is 36.8 Å². The molecule has 0 saturated carbocycles. The second kappa shape index (κ2) is 12.9. The van der Waals surface area contributed by atoms with Gasteiger partial charge in [-0.3, -0.25) is 4.68 Å². The van der Waals surface area contributed by atoms with E-state index in [1.165, 1.54) is 34.2 Å². The van der Waals surface area contributed by atoms with Crippen molar-refractivity contribution in [2.45, 2.75) is 18.8 Å². The maximum Gasteiger partial charge on any atom is 0.338 e. The molecule has 0 spiro atoms. The number of aromatic nitrogens is 3. The van der Waals surface area contributed by atoms with Crippen molar-refractivity contribution in [3.8, 4) is 22.3 Å². The van der Waals surface area contributed by atoms with Crippen molar-refractivity contribution in [2.24, 2.45) is 0 Å². The van der Waals surface area contributed by atoms with Gasteiger partial charge in [-0.05, 0) is 41.3 Å². The minimum Gasteiger partial charge on any atom is -0.479 e. The fourth-order valence-corrected chi connectivity index (χ4v) is 5.41. The first-order valence-electron chi connectivity index (χ1n) is 13.0. The summed E-state index contributed by atoms with van der Waals surface area (Å²) in [5.41, 5.74) is 10.3. The van der Waals surface area contributed by atoms with Gasteiger partial charge in [-0.1, -0.05) is 18.2 Å². The maximum absolute atomic E-state index is 13.4. The van der Waals surface area contributed by atoms with Crippen molar-refractivity contribution in [1.29, 1.82) is 0 Å². The van der Waals surface area contributed by atoms with Crippen LogP contribution in [0.5, 0.6) is 0 Å². The van der Waals surface area contributed by atoms with Gasteiger partial charge in [0.1, 0.15) is 18.2 Å². The van der Waals surface area contributed by atoms with E-state index in [0.29, 0.717) is 22.8 Å². The number of urea groups is 1. The van der Waals surface area contributed by atoms with Crippen LogP contribution in [0.4, 0.5) is 26.4 Å². The molecular weight excluding hydrogens is 595 g/mol. The standard InChI is InChI=1S/C29H25FN6O7S/c30-17-2-1-3-19(10-17)35-29(42)34-18-6-4-15(5-7-18)21-14-44-25-20(12-32-26(31)22(21)25)16-11-33-36(13-16)8-9-43-28(41)24(38)23(37)27(39)40/h1-7,10-14,23-24,37-38H,8-9H2,(H2,31,32)(H,39,40)(H2,34,35,42). The van der Waals surface area contributed by atoms with Crippen LogP contribution >= 0.6 is 11.3 Å². The van der Waals surface area contributed by atoms with Crippen LogP contribution in [-0.4, -0.2) is 66.9 Å². The number of nitrogens with two attached hydrogens (primary N) is 1. The number of rotatable bonds is 10. The molecule has 0 aliphatic carbocycles. The lowest BCUT2D eigenvalue weighted by atomic mass is 10.0. The van der Waals surface area contributed by atoms with Gasteiger partial charge >= 0.3 is 18.0 Å². The van der Waals surface area contributed by atoms with Crippen molar-refractivity contribution in [2.75, 3.05) is 23.0 Å². The van der Waals surface area contributed by atoms with Crippen molar-refractivity contribution in [3.63, 3.8) is 0 Å². The highest BCUT2D eigenvalue weighted by Gasteiger charge is 2.31. The monoisotopic (exact) mass is 620 g/mol. The first kappa shape index (κ1) is 30.1. The molecule has 3 heterocycles. The highest BCUT2D eigenvalue weighted by molar-refractivity contribution is 7.18. The molecule has 2 atom stereocenters. The predicted octanol–water partition coefficient (Wildman–Crippen LogP) is 3.54. The first-order valence-corrected chi connectivity index (χ1v) is 13.9. The summed E-state index contributed by atoms with van der Waals surface area (Å²) in [5.74, 6) is -3.14. The number of pyridine rings is 1. The first-order chi connectivity index (χ1) is 21.1. The molecule has 0 aliphatic rings. The van der Waals surface area contributed by atoms with E-state index in [0.717, 1.165) is 26.8 Å². The number of fused-ring (bicyclic) bond motifs is 1. The number of halogens is 1. The van der Waals surface area contributed by atoms with Gasteiger partial charge in [-0.15, -0.1) is 11.3 Å². The van der Waals surface area contributed by atoms with E-state index in [-0.39, 0.29) is 13.2 Å². The molecule has 0 bridgehead atoms. The molecule has 0 radical (unpaired) electrons. The normalized spacial score (nSPS) is 12.4. The molecule has 5 aromatic rings. The molecule has 44 heavy (non-hydrogen) atoms. The number of nitrogens with one attached hydrogen (secondary N) is 2. The van der Waals surface area contributed by atoms with Gasteiger partial charge in [0, 0.05) is 50.5 Å². The lowest BCUT2D eigenvalue weighted by molar-refractivity contribution is -0.170. The van der Waals surface area contributed by atoms with Gasteiger partial charge in [0.2, 0.25) is 0 Å². The Labute approximate surface area is 252 Å². The number of nitrogen functional groups attached to an aromatic ring is 1. The molecule has 2 unspecified atom stereocenters. The lowest BCUT2D eigenvalue weighted by Crippen LogP contribution is -2.40. The molecule has 2 amide bonds. The zero-order chi connectivity index (χ0) is 31.4. The third-order valence-electron chi connectivity index (χ3n) is 6.46. The number of carboxylic acids is 1. The number of ether oxygens (including phenoxy) is 1. The molecule has 226 valence electrons. The number of anilines is 3. The Morgan fingerprint density at radius 2 is 1.75 bits per heavy atom. The number of nitrogens with zero attached hydrogens (tertiary/aromatic N) is 3. The zero-order valence-corrected chi connectivity index (χ0v) is 23.5. The molecule has 3 aromatic heterocycles. The maximum atomic E-state index is 13.4. The molecule has 0 saturated heterocycles. The molecular formula is C29H25FN6O7S. The van der Waals surface area contributed by atoms with Crippen LogP contribution < -0.4 is 16.4 Å². The van der Waals surface area contributed by atoms with Crippen molar-refractivity contribution in [1.82, 2.24) is 14.8 Å². The van der Waals surface area contributed by atoms with Crippen LogP contribution in [0.2, 0.25) is 0 Å². The summed E-state index contributed by atoms with van der Waals surface area (Å²) in [7, 11) is 0. The summed E-state index contributed by atoms with van der Waals surface area (Å²) in [6.07, 6.45) is 0.447. The highest BCUT2D eigenvalue weighted by atomic mass is 32.1. The van der Waals surface area contributed by atoms with Crippen LogP contribution in [0, 0.1) is 5.82 Å². The van der Waals surface area contributed by atoms with Crippen LogP contribution in [0.15, 0.2) is 72.5 Å². The van der Waals surface area contributed by atoms with Crippen LogP contribution in [0.3, 0.4) is 0 Å². The Bertz CT molecular complexity index is 1840. The van der Waals surface area contributed by atoms with E-state index in [9.17, 15) is 29.0 Å². The summed E-state index contributed by atoms with van der Waals surface area (Å²) in [6.45, 7) is -0.122. The number of carbonyl (C=O) groups is 3. The van der Waals surface area contributed by atoms with Gasteiger partial charge in [0.05, 0.1) is 12.7 Å². The Hall–Kier alpha value is -5.38. The number of carbonyl (C=O) groups excluding carboxylic acids is 2. The largest absolute Gasteiger partial charge is 0.479 e. The van der Waals surface area contributed by atoms with Gasteiger partial charge < -0.3 is 36.4 Å². The number of aliphatic hydroxyl groups is 2. The predicted molar refractivity (Wildman–Crippen MR) is 160 cm³/mol. The Morgan fingerprint density at radius 3 is 2.48 bits per heavy atom. The SMILES string of the molecule is Nc1ncc(-c2cnn(CCOC(=O)C(O)C(O)C(=O)O)c2)c2scc(-c3ccc(NC(=O)Nc4cccc(F)c4)cc3)c12. The molecule has 0 aliphatic heterocycles. The fraction of sp³-hybridized carbons (Fsp3) is 0.138. The van der Waals surface area contributed by atoms with E-state index in [4.69, 9.17) is 15.6 Å². The second-order valence-electron chi connectivity index (χ2n) is 9.46. The number of hydrogen-bond donors (Lipinski definition) is 6. The summed E-state index contributed by atoms with van der Waals surface area (Å²) in [6, 6.07) is 12.2. The van der Waals surface area contributed by atoms with Crippen molar-refractivity contribution in [3.05, 3.63) is 78.3 Å². The van der Waals surface area contributed by atoms with Gasteiger partial charge in [0.15, 0.2) is 12.2 Å². The minimum absolute atomic E-state index is 0.101. The van der Waals surface area contributed by atoms with E-state index in [1.807, 2.05) is 17.5 Å². The zero-order valence-electron chi connectivity index (χ0n) is 22.7.